The Morgan fingerprint density at radius 2 is 1.78 bits per heavy atom. The highest BCUT2D eigenvalue weighted by molar-refractivity contribution is 7.93. The molecule has 4 rings (SSSR count). The average molecular weight is 533 g/mol. The number of fused-ring (bicyclic) bond motifs is 1. The lowest BCUT2D eigenvalue weighted by Gasteiger charge is -2.40. The number of para-hydroxylation sites is 2. The summed E-state index contributed by atoms with van der Waals surface area (Å²) in [6.07, 6.45) is 2.74. The number of rotatable bonds is 7. The second-order valence-electron chi connectivity index (χ2n) is 9.61. The van der Waals surface area contributed by atoms with Gasteiger partial charge in [-0.1, -0.05) is 23.7 Å². The molecule has 0 saturated carbocycles. The number of hydrogen-bond acceptors (Lipinski definition) is 5. The van der Waals surface area contributed by atoms with Gasteiger partial charge in [0.25, 0.3) is 15.9 Å². The zero-order chi connectivity index (χ0) is 26.0. The van der Waals surface area contributed by atoms with Crippen molar-refractivity contribution < 1.29 is 18.0 Å². The summed E-state index contributed by atoms with van der Waals surface area (Å²) >= 11 is 6.22. The van der Waals surface area contributed by atoms with Crippen molar-refractivity contribution in [2.24, 2.45) is 5.92 Å². The quantitative estimate of drug-likeness (QED) is 0.569. The summed E-state index contributed by atoms with van der Waals surface area (Å²) in [5.41, 5.74) is 1.91. The highest BCUT2D eigenvalue weighted by Gasteiger charge is 2.44. The van der Waals surface area contributed by atoms with Gasteiger partial charge in [0.1, 0.15) is 6.04 Å². The molecule has 1 fully saturated rings. The molecule has 2 aliphatic rings. The summed E-state index contributed by atoms with van der Waals surface area (Å²) in [7, 11) is -2.59. The van der Waals surface area contributed by atoms with Crippen molar-refractivity contribution in [2.75, 3.05) is 35.9 Å². The van der Waals surface area contributed by atoms with E-state index in [-0.39, 0.29) is 17.2 Å². The number of benzene rings is 2. The van der Waals surface area contributed by atoms with Crippen LogP contribution in [0.15, 0.2) is 41.3 Å². The fourth-order valence-corrected chi connectivity index (χ4v) is 7.12. The lowest BCUT2D eigenvalue weighted by Crippen LogP contribution is -2.56. The van der Waals surface area contributed by atoms with E-state index in [0.29, 0.717) is 40.0 Å². The van der Waals surface area contributed by atoms with Gasteiger partial charge in [0.05, 0.1) is 22.7 Å². The molecule has 8 nitrogen and oxygen atoms in total. The van der Waals surface area contributed by atoms with E-state index in [2.05, 4.69) is 10.6 Å². The number of sulfonamides is 1. The Labute approximate surface area is 218 Å². The molecule has 0 aromatic heterocycles. The van der Waals surface area contributed by atoms with Gasteiger partial charge >= 0.3 is 0 Å². The molecular formula is C26H33ClN4O4S. The first-order chi connectivity index (χ1) is 17.1. The Morgan fingerprint density at radius 1 is 1.11 bits per heavy atom. The second kappa shape index (κ2) is 10.8. The van der Waals surface area contributed by atoms with E-state index in [9.17, 15) is 18.0 Å². The number of carbonyl (C=O) groups excluding carboxylic acids is 2. The molecule has 0 spiro atoms. The minimum Gasteiger partial charge on any atom is -0.356 e. The maximum absolute atomic E-state index is 14.1. The van der Waals surface area contributed by atoms with Gasteiger partial charge in [0.15, 0.2) is 0 Å². The summed E-state index contributed by atoms with van der Waals surface area (Å²) in [5.74, 6) is -0.248. The van der Waals surface area contributed by atoms with Crippen molar-refractivity contribution in [3.8, 4) is 0 Å². The first kappa shape index (κ1) is 26.4. The van der Waals surface area contributed by atoms with E-state index >= 15 is 0 Å². The summed E-state index contributed by atoms with van der Waals surface area (Å²) < 4.78 is 29.3. The molecule has 2 heterocycles. The van der Waals surface area contributed by atoms with Crippen LogP contribution >= 0.6 is 11.6 Å². The molecule has 0 radical (unpaired) electrons. The maximum Gasteiger partial charge on any atom is 0.265 e. The van der Waals surface area contributed by atoms with Crippen LogP contribution in [0.5, 0.6) is 0 Å². The number of nitrogens with one attached hydrogen (secondary N) is 2. The molecule has 1 saturated heterocycles. The monoisotopic (exact) mass is 532 g/mol. The smallest absolute Gasteiger partial charge is 0.265 e. The van der Waals surface area contributed by atoms with Gasteiger partial charge in [0.2, 0.25) is 5.91 Å². The normalized spacial score (nSPS) is 18.8. The predicted molar refractivity (Wildman–Crippen MR) is 142 cm³/mol. The first-order valence-electron chi connectivity index (χ1n) is 12.3. The molecule has 2 amide bonds. The van der Waals surface area contributed by atoms with E-state index in [1.54, 1.807) is 51.2 Å². The zero-order valence-corrected chi connectivity index (χ0v) is 22.5. The Bertz CT molecular complexity index is 1260. The van der Waals surface area contributed by atoms with Gasteiger partial charge in [-0.2, -0.15) is 0 Å². The predicted octanol–water partition coefficient (Wildman–Crippen LogP) is 3.39. The third-order valence-electron chi connectivity index (χ3n) is 7.08. The van der Waals surface area contributed by atoms with Crippen LogP contribution in [0, 0.1) is 19.8 Å². The van der Waals surface area contributed by atoms with Crippen molar-refractivity contribution in [2.45, 2.75) is 50.5 Å². The van der Waals surface area contributed by atoms with Gasteiger partial charge in [0, 0.05) is 18.6 Å². The fourth-order valence-electron chi connectivity index (χ4n) is 4.98. The molecule has 0 bridgehead atoms. The van der Waals surface area contributed by atoms with Crippen molar-refractivity contribution in [3.63, 3.8) is 0 Å². The number of nitrogens with zero attached hydrogens (tertiary/aromatic N) is 2. The summed E-state index contributed by atoms with van der Waals surface area (Å²) in [5, 5.41) is 6.70. The zero-order valence-electron chi connectivity index (χ0n) is 20.9. The van der Waals surface area contributed by atoms with Crippen LogP contribution in [0.2, 0.25) is 5.02 Å². The van der Waals surface area contributed by atoms with E-state index in [0.717, 1.165) is 36.7 Å². The van der Waals surface area contributed by atoms with Crippen LogP contribution in [-0.2, 0) is 19.6 Å². The number of carbonyl (C=O) groups is 2. The molecule has 2 aliphatic heterocycles. The molecule has 36 heavy (non-hydrogen) atoms. The van der Waals surface area contributed by atoms with Crippen LogP contribution in [0.3, 0.4) is 0 Å². The number of aryl methyl sites for hydroxylation is 2. The SMILES string of the molecule is Cc1cc(S(=O)(=O)N2c3ccccc3N(C)C(=O)[C@H]2CC(=O)NCCC2CCNCC2)c(C)cc1Cl. The molecule has 2 aromatic rings. The molecular weight excluding hydrogens is 500 g/mol. The fraction of sp³-hybridized carbons (Fsp3) is 0.462. The first-order valence-corrected chi connectivity index (χ1v) is 14.1. The van der Waals surface area contributed by atoms with Crippen molar-refractivity contribution in [1.29, 1.82) is 0 Å². The molecule has 2 N–H and O–H groups in total. The van der Waals surface area contributed by atoms with Gasteiger partial charge in [-0.3, -0.25) is 13.9 Å². The Morgan fingerprint density at radius 3 is 2.47 bits per heavy atom. The van der Waals surface area contributed by atoms with Crippen LogP contribution in [0.4, 0.5) is 11.4 Å². The third-order valence-corrected chi connectivity index (χ3v) is 9.46. The number of likely N-dealkylation sites (N-methyl/N-ethyl adjacent to an activating group) is 1. The van der Waals surface area contributed by atoms with Gasteiger partial charge in [-0.15, -0.1) is 0 Å². The largest absolute Gasteiger partial charge is 0.356 e. The minimum atomic E-state index is -4.19. The number of hydrogen-bond donors (Lipinski definition) is 2. The topological polar surface area (TPSA) is 98.8 Å². The van der Waals surface area contributed by atoms with E-state index in [1.807, 2.05) is 0 Å². The van der Waals surface area contributed by atoms with Crippen LogP contribution in [0.1, 0.15) is 36.8 Å². The molecule has 2 aromatic carbocycles. The average Bonchev–Trinajstić information content (AvgIpc) is 2.85. The maximum atomic E-state index is 14.1. The van der Waals surface area contributed by atoms with Crippen molar-refractivity contribution in [1.82, 2.24) is 10.6 Å². The number of amides is 2. The van der Waals surface area contributed by atoms with Crippen molar-refractivity contribution >= 4 is 44.8 Å². The van der Waals surface area contributed by atoms with Crippen molar-refractivity contribution in [3.05, 3.63) is 52.5 Å². The Balaban J connectivity index is 1.65. The summed E-state index contributed by atoms with van der Waals surface area (Å²) in [4.78, 5) is 27.9. The van der Waals surface area contributed by atoms with Gasteiger partial charge < -0.3 is 15.5 Å². The van der Waals surface area contributed by atoms with Crippen LogP contribution in [0.25, 0.3) is 0 Å². The lowest BCUT2D eigenvalue weighted by atomic mass is 9.95. The van der Waals surface area contributed by atoms with Crippen LogP contribution in [-0.4, -0.2) is 53.0 Å². The van der Waals surface area contributed by atoms with Gasteiger partial charge in [-0.05, 0) is 87.5 Å². The highest BCUT2D eigenvalue weighted by Crippen LogP contribution is 2.40. The van der Waals surface area contributed by atoms with E-state index < -0.39 is 22.0 Å². The lowest BCUT2D eigenvalue weighted by molar-refractivity contribution is -0.126. The standard InChI is InChI=1S/C26H33ClN4O4S/c1-17-15-24(18(2)14-20(17)27)36(34,35)31-22-7-5-4-6-21(22)30(3)26(33)23(31)16-25(32)29-13-10-19-8-11-28-12-9-19/h4-7,14-15,19,23,28H,8-13,16H2,1-3H3,(H,29,32)/t23-/m1/s1. The third kappa shape index (κ3) is 5.23. The number of anilines is 2. The van der Waals surface area contributed by atoms with E-state index in [4.69, 9.17) is 11.6 Å². The summed E-state index contributed by atoms with van der Waals surface area (Å²) in [6, 6.07) is 8.76. The highest BCUT2D eigenvalue weighted by atomic mass is 35.5. The molecule has 194 valence electrons. The molecule has 0 unspecified atom stereocenters. The molecule has 10 heteroatoms. The second-order valence-corrected chi connectivity index (χ2v) is 11.8. The van der Waals surface area contributed by atoms with Gasteiger partial charge in [-0.25, -0.2) is 8.42 Å². The number of piperidine rings is 1. The number of halogens is 1. The Hall–Kier alpha value is -2.62. The minimum absolute atomic E-state index is 0.0628. The summed E-state index contributed by atoms with van der Waals surface area (Å²) in [6.45, 7) is 5.87. The molecule has 1 atom stereocenters. The van der Waals surface area contributed by atoms with Crippen LogP contribution < -0.4 is 19.8 Å². The Kier molecular flexibility index (Phi) is 7.92. The van der Waals surface area contributed by atoms with E-state index in [1.165, 1.54) is 11.0 Å². The molecule has 0 aliphatic carbocycles.